The Morgan fingerprint density at radius 2 is 1.00 bits per heavy atom. The third-order valence-electron chi connectivity index (χ3n) is 7.13. The molecule has 176 valence electrons. The third-order valence-corrected chi connectivity index (χ3v) is 26.8. The van der Waals surface area contributed by atoms with E-state index in [-0.39, 0.29) is 7.25 Å². The Morgan fingerprint density at radius 3 is 1.30 bits per heavy atom. The number of allylic oxidation sites excluding steroid dienone is 2. The second-order valence-electron chi connectivity index (χ2n) is 8.83. The van der Waals surface area contributed by atoms with Crippen molar-refractivity contribution in [1.82, 2.24) is 0 Å². The molecular weight excluding hydrogens is 538 g/mol. The monoisotopic (exact) mass is 566 g/mol. The van der Waals surface area contributed by atoms with Gasteiger partial charge in [-0.05, 0) is 0 Å². The number of benzene rings is 2. The Kier molecular flexibility index (Phi) is 6.40. The average Bonchev–Trinajstić information content (AvgIpc) is 3.32. The minimum atomic E-state index is -4.80. The Bertz CT molecular complexity index is 1180. The van der Waals surface area contributed by atoms with Crippen molar-refractivity contribution in [3.63, 3.8) is 0 Å². The van der Waals surface area contributed by atoms with Crippen LogP contribution in [0.25, 0.3) is 12.2 Å². The van der Waals surface area contributed by atoms with Crippen molar-refractivity contribution < 1.29 is 34.9 Å². The first-order valence-electron chi connectivity index (χ1n) is 10.9. The first-order valence-corrected chi connectivity index (χ1v) is 21.5. The molecule has 0 aliphatic heterocycles. The van der Waals surface area contributed by atoms with E-state index in [0.717, 1.165) is 33.4 Å². The molecule has 4 nitrogen and oxygen atoms in total. The second-order valence-corrected chi connectivity index (χ2v) is 30.2. The molecular formula is C26H30Cl2O4Zr. The van der Waals surface area contributed by atoms with Crippen molar-refractivity contribution >= 4 is 32.9 Å². The van der Waals surface area contributed by atoms with E-state index >= 15 is 0 Å². The van der Waals surface area contributed by atoms with Gasteiger partial charge in [-0.1, -0.05) is 0 Å². The average molecular weight is 569 g/mol. The molecule has 2 aliphatic carbocycles. The number of fused-ring (bicyclic) bond motifs is 2. The van der Waals surface area contributed by atoms with Crippen LogP contribution in [-0.4, -0.2) is 32.1 Å². The molecule has 2 aromatic carbocycles. The van der Waals surface area contributed by atoms with E-state index < -0.39 is 15.9 Å². The Hall–Kier alpha value is -1.55. The maximum absolute atomic E-state index is 7.87. The van der Waals surface area contributed by atoms with E-state index in [1.807, 2.05) is 31.2 Å². The van der Waals surface area contributed by atoms with E-state index in [2.05, 4.69) is 29.7 Å². The van der Waals surface area contributed by atoms with Crippen LogP contribution >= 0.6 is 17.0 Å². The molecule has 0 saturated heterocycles. The van der Waals surface area contributed by atoms with Gasteiger partial charge < -0.3 is 0 Å². The number of hydrogen-bond donors (Lipinski definition) is 0. The molecule has 0 saturated carbocycles. The van der Waals surface area contributed by atoms with Gasteiger partial charge in [0.05, 0.1) is 0 Å². The summed E-state index contributed by atoms with van der Waals surface area (Å²) in [6.07, 6.45) is 4.35. The van der Waals surface area contributed by atoms with Crippen LogP contribution in [0, 0.1) is 0 Å². The van der Waals surface area contributed by atoms with Crippen molar-refractivity contribution in [2.75, 3.05) is 28.4 Å². The maximum atomic E-state index is 7.87. The molecule has 2 aromatic rings. The van der Waals surface area contributed by atoms with E-state index in [1.165, 1.54) is 0 Å². The van der Waals surface area contributed by atoms with Gasteiger partial charge in [-0.25, -0.2) is 0 Å². The Morgan fingerprint density at radius 1 is 0.667 bits per heavy atom. The summed E-state index contributed by atoms with van der Waals surface area (Å²) in [7, 11) is 22.3. The van der Waals surface area contributed by atoms with Crippen LogP contribution in [0.5, 0.6) is 23.0 Å². The van der Waals surface area contributed by atoms with Crippen LogP contribution in [0.2, 0.25) is 0 Å². The van der Waals surface area contributed by atoms with Gasteiger partial charge in [0.15, 0.2) is 0 Å². The number of ether oxygens (including phenoxy) is 4. The zero-order valence-corrected chi connectivity index (χ0v) is 24.1. The van der Waals surface area contributed by atoms with Crippen molar-refractivity contribution in [2.24, 2.45) is 0 Å². The Labute approximate surface area is 203 Å². The minimum absolute atomic E-state index is 0.0954. The van der Waals surface area contributed by atoms with Crippen LogP contribution in [0.3, 0.4) is 0 Å². The van der Waals surface area contributed by atoms with Gasteiger partial charge in [0.2, 0.25) is 0 Å². The normalized spacial score (nSPS) is 19.3. The zero-order valence-electron chi connectivity index (χ0n) is 20.1. The van der Waals surface area contributed by atoms with Crippen molar-refractivity contribution in [1.29, 1.82) is 0 Å². The van der Waals surface area contributed by atoms with Gasteiger partial charge in [0.1, 0.15) is 0 Å². The fourth-order valence-corrected chi connectivity index (χ4v) is 23.8. The predicted octanol–water partition coefficient (Wildman–Crippen LogP) is 7.16. The van der Waals surface area contributed by atoms with E-state index in [0.29, 0.717) is 23.0 Å². The van der Waals surface area contributed by atoms with Crippen LogP contribution < -0.4 is 18.9 Å². The first-order chi connectivity index (χ1) is 15.6. The summed E-state index contributed by atoms with van der Waals surface area (Å²) in [5.74, 6) is 2.74. The first kappa shape index (κ1) is 24.6. The number of rotatable bonds is 6. The SMILES string of the molecule is C[CH]=[Zr]([Cl])([Cl])([CH]1C(C)=Cc2cc(OC)c(OC)cc21)[CH]1C(C)=Cc2cc(OC)c(OC)cc21. The fourth-order valence-electron chi connectivity index (χ4n) is 5.68. The third kappa shape index (κ3) is 3.63. The summed E-state index contributed by atoms with van der Waals surface area (Å²) in [5.41, 5.74) is 6.67. The summed E-state index contributed by atoms with van der Waals surface area (Å²) in [6, 6.07) is 8.10. The van der Waals surface area contributed by atoms with Crippen molar-refractivity contribution in [3.05, 3.63) is 57.7 Å². The molecule has 2 aliphatic rings. The predicted molar refractivity (Wildman–Crippen MR) is 135 cm³/mol. The second kappa shape index (κ2) is 8.59. The molecule has 7 heteroatoms. The molecule has 0 bridgehead atoms. The van der Waals surface area contributed by atoms with Gasteiger partial charge >= 0.3 is 205 Å². The van der Waals surface area contributed by atoms with Gasteiger partial charge in [-0.3, -0.25) is 0 Å². The van der Waals surface area contributed by atoms with Crippen molar-refractivity contribution in [2.45, 2.75) is 28.0 Å². The van der Waals surface area contributed by atoms with Gasteiger partial charge in [0, 0.05) is 0 Å². The standard InChI is InChI=1S/2C12H13O2.C2H4.2ClH.Zr/c2*1-8-4-9-6-11(13-2)12(14-3)7-10(9)5-8;1-2;;;/h2*4-7H,1-3H3;1H,2H3;2*1H;/q;;;;;+2/p-2. The molecule has 0 aromatic heterocycles. The number of halogens is 2. The Balaban J connectivity index is 1.96. The van der Waals surface area contributed by atoms with E-state index in [4.69, 9.17) is 36.0 Å². The molecule has 2 unspecified atom stereocenters. The van der Waals surface area contributed by atoms with Gasteiger partial charge in [-0.15, -0.1) is 0 Å². The van der Waals surface area contributed by atoms with Gasteiger partial charge in [-0.2, -0.15) is 0 Å². The molecule has 0 heterocycles. The zero-order chi connectivity index (χ0) is 24.2. The van der Waals surface area contributed by atoms with Gasteiger partial charge in [0.25, 0.3) is 0 Å². The summed E-state index contributed by atoms with van der Waals surface area (Å²) in [6.45, 7) is 6.26. The summed E-state index contributed by atoms with van der Waals surface area (Å²) >= 11 is -4.80. The van der Waals surface area contributed by atoms with E-state index in [9.17, 15) is 0 Å². The number of methoxy groups -OCH3 is 4. The molecule has 2 atom stereocenters. The quantitative estimate of drug-likeness (QED) is 0.371. The summed E-state index contributed by atoms with van der Waals surface area (Å²) < 4.78 is 24.2. The molecule has 0 fully saturated rings. The van der Waals surface area contributed by atoms with E-state index in [1.54, 1.807) is 28.4 Å². The summed E-state index contributed by atoms with van der Waals surface area (Å²) in [4.78, 5) is 0. The van der Waals surface area contributed by atoms with Crippen LogP contribution in [0.1, 0.15) is 50.3 Å². The van der Waals surface area contributed by atoms with Crippen LogP contribution in [0.15, 0.2) is 35.4 Å². The summed E-state index contributed by atoms with van der Waals surface area (Å²) in [5, 5.41) is 0. The van der Waals surface area contributed by atoms with Crippen LogP contribution in [0.4, 0.5) is 0 Å². The topological polar surface area (TPSA) is 36.9 Å². The fraction of sp³-hybridized carbons (Fsp3) is 0.346. The molecule has 33 heavy (non-hydrogen) atoms. The van der Waals surface area contributed by atoms with Crippen molar-refractivity contribution in [3.8, 4) is 23.0 Å². The molecule has 4 rings (SSSR count). The molecule has 0 N–H and O–H groups in total. The molecule has 0 amide bonds. The van der Waals surface area contributed by atoms with Crippen LogP contribution in [-0.2, 0) is 15.9 Å². The molecule has 0 spiro atoms. The molecule has 0 radical (unpaired) electrons. The number of hydrogen-bond acceptors (Lipinski definition) is 4.